The van der Waals surface area contributed by atoms with Crippen LogP contribution < -0.4 is 15.6 Å². The van der Waals surface area contributed by atoms with E-state index >= 15 is 0 Å². The Labute approximate surface area is 121 Å². The maximum Gasteiger partial charge on any atom is 0.287 e. The van der Waals surface area contributed by atoms with Gasteiger partial charge in [-0.1, -0.05) is 29.8 Å². The number of fused-ring (bicyclic) bond motifs is 1. The average molecular weight is 292 g/mol. The molecule has 1 aliphatic heterocycles. The summed E-state index contributed by atoms with van der Waals surface area (Å²) in [6.45, 7) is 0.573. The van der Waals surface area contributed by atoms with Gasteiger partial charge in [0, 0.05) is 13.5 Å². The van der Waals surface area contributed by atoms with Crippen molar-refractivity contribution in [1.82, 2.24) is 9.78 Å². The molecule has 0 bridgehead atoms. The number of ether oxygens (including phenoxy) is 1. The molecule has 6 heteroatoms. The monoisotopic (exact) mass is 291 g/mol. The van der Waals surface area contributed by atoms with E-state index in [4.69, 9.17) is 16.3 Å². The molecule has 2 aromatic rings. The molecule has 3 rings (SSSR count). The Hall–Kier alpha value is -2.01. The van der Waals surface area contributed by atoms with E-state index in [9.17, 15) is 4.79 Å². The molecule has 1 aromatic heterocycles. The van der Waals surface area contributed by atoms with Crippen LogP contribution in [0.15, 0.2) is 35.3 Å². The SMILES string of the molecule is Cn1ncc(NCC2Cc3ccccc3O2)c(Cl)c1=O. The van der Waals surface area contributed by atoms with Gasteiger partial charge in [-0.25, -0.2) is 4.68 Å². The van der Waals surface area contributed by atoms with Gasteiger partial charge in [0.1, 0.15) is 16.9 Å². The minimum atomic E-state index is -0.313. The number of nitrogens with zero attached hydrogens (tertiary/aromatic N) is 2. The van der Waals surface area contributed by atoms with Gasteiger partial charge in [-0.05, 0) is 11.6 Å². The molecule has 104 valence electrons. The van der Waals surface area contributed by atoms with E-state index in [0.29, 0.717) is 12.2 Å². The molecule has 0 saturated heterocycles. The molecule has 1 N–H and O–H groups in total. The Kier molecular flexibility index (Phi) is 3.36. The number of nitrogens with one attached hydrogen (secondary N) is 1. The van der Waals surface area contributed by atoms with Gasteiger partial charge in [-0.3, -0.25) is 4.79 Å². The van der Waals surface area contributed by atoms with Crippen LogP contribution in [0.5, 0.6) is 5.75 Å². The van der Waals surface area contributed by atoms with Gasteiger partial charge in [-0.2, -0.15) is 5.10 Å². The van der Waals surface area contributed by atoms with Crippen LogP contribution >= 0.6 is 11.6 Å². The highest BCUT2D eigenvalue weighted by Crippen LogP contribution is 2.28. The standard InChI is InChI=1S/C14H14ClN3O2/c1-18-14(19)13(15)11(8-17-18)16-7-10-6-9-4-2-3-5-12(9)20-10/h2-5,8,10,16H,6-7H2,1H3. The van der Waals surface area contributed by atoms with E-state index in [-0.39, 0.29) is 16.7 Å². The van der Waals surface area contributed by atoms with Crippen molar-refractivity contribution in [2.75, 3.05) is 11.9 Å². The zero-order chi connectivity index (χ0) is 14.1. The Morgan fingerprint density at radius 1 is 1.50 bits per heavy atom. The molecule has 0 spiro atoms. The first kappa shape index (κ1) is 13.0. The highest BCUT2D eigenvalue weighted by Gasteiger charge is 2.22. The fraction of sp³-hybridized carbons (Fsp3) is 0.286. The van der Waals surface area contributed by atoms with Crippen molar-refractivity contribution in [3.8, 4) is 5.75 Å². The highest BCUT2D eigenvalue weighted by atomic mass is 35.5. The van der Waals surface area contributed by atoms with Gasteiger partial charge in [-0.15, -0.1) is 0 Å². The van der Waals surface area contributed by atoms with Crippen LogP contribution in [-0.4, -0.2) is 22.4 Å². The molecule has 1 atom stereocenters. The first-order chi connectivity index (χ1) is 9.65. The normalized spacial score (nSPS) is 16.6. The van der Waals surface area contributed by atoms with Crippen LogP contribution in [-0.2, 0) is 13.5 Å². The molecule has 1 aliphatic rings. The minimum absolute atomic E-state index is 0.0347. The maximum atomic E-state index is 11.7. The highest BCUT2D eigenvalue weighted by molar-refractivity contribution is 6.32. The second kappa shape index (κ2) is 5.17. The van der Waals surface area contributed by atoms with E-state index in [2.05, 4.69) is 16.5 Å². The Morgan fingerprint density at radius 3 is 3.10 bits per heavy atom. The zero-order valence-electron chi connectivity index (χ0n) is 11.0. The van der Waals surface area contributed by atoms with Crippen molar-refractivity contribution in [3.63, 3.8) is 0 Å². The molecule has 5 nitrogen and oxygen atoms in total. The third kappa shape index (κ3) is 2.36. The first-order valence-corrected chi connectivity index (χ1v) is 6.73. The third-order valence-corrected chi connectivity index (χ3v) is 3.68. The van der Waals surface area contributed by atoms with Crippen LogP contribution in [0, 0.1) is 0 Å². The molecule has 1 aromatic carbocycles. The van der Waals surface area contributed by atoms with Crippen LogP contribution in [0.2, 0.25) is 5.02 Å². The maximum absolute atomic E-state index is 11.7. The van der Waals surface area contributed by atoms with Gasteiger partial charge < -0.3 is 10.1 Å². The Bertz CT molecular complexity index is 674. The topological polar surface area (TPSA) is 56.1 Å². The number of halogens is 1. The number of aryl methyl sites for hydroxylation is 1. The third-order valence-electron chi connectivity index (χ3n) is 3.31. The fourth-order valence-corrected chi connectivity index (χ4v) is 2.46. The number of hydrogen-bond acceptors (Lipinski definition) is 4. The van der Waals surface area contributed by atoms with E-state index in [1.54, 1.807) is 13.2 Å². The molecule has 0 radical (unpaired) electrons. The van der Waals surface area contributed by atoms with E-state index in [1.807, 2.05) is 18.2 Å². The fourth-order valence-electron chi connectivity index (χ4n) is 2.23. The van der Waals surface area contributed by atoms with Gasteiger partial charge in [0.05, 0.1) is 18.4 Å². The van der Waals surface area contributed by atoms with Gasteiger partial charge >= 0.3 is 0 Å². The predicted molar refractivity (Wildman–Crippen MR) is 77.5 cm³/mol. The average Bonchev–Trinajstić information content (AvgIpc) is 2.87. The van der Waals surface area contributed by atoms with E-state index in [0.717, 1.165) is 12.2 Å². The van der Waals surface area contributed by atoms with Crippen LogP contribution in [0.3, 0.4) is 0 Å². The van der Waals surface area contributed by atoms with Crippen molar-refractivity contribution in [3.05, 3.63) is 51.4 Å². The van der Waals surface area contributed by atoms with Crippen molar-refractivity contribution < 1.29 is 4.74 Å². The molecular formula is C14H14ClN3O2. The number of para-hydroxylation sites is 1. The number of anilines is 1. The number of aromatic nitrogens is 2. The summed E-state index contributed by atoms with van der Waals surface area (Å²) in [6, 6.07) is 7.97. The van der Waals surface area contributed by atoms with Crippen LogP contribution in [0.1, 0.15) is 5.56 Å². The van der Waals surface area contributed by atoms with Crippen LogP contribution in [0.4, 0.5) is 5.69 Å². The predicted octanol–water partition coefficient (Wildman–Crippen LogP) is 1.85. The lowest BCUT2D eigenvalue weighted by Gasteiger charge is -2.13. The summed E-state index contributed by atoms with van der Waals surface area (Å²) in [6.07, 6.45) is 2.43. The summed E-state index contributed by atoms with van der Waals surface area (Å²) in [5.41, 5.74) is 1.43. The summed E-state index contributed by atoms with van der Waals surface area (Å²) < 4.78 is 7.02. The second-order valence-electron chi connectivity index (χ2n) is 4.73. The minimum Gasteiger partial charge on any atom is -0.488 e. The largest absolute Gasteiger partial charge is 0.488 e. The van der Waals surface area contributed by atoms with Crippen molar-refractivity contribution in [1.29, 1.82) is 0 Å². The first-order valence-electron chi connectivity index (χ1n) is 6.35. The molecule has 0 amide bonds. The Morgan fingerprint density at radius 2 is 2.30 bits per heavy atom. The number of hydrogen-bond donors (Lipinski definition) is 1. The lowest BCUT2D eigenvalue weighted by molar-refractivity contribution is 0.246. The van der Waals surface area contributed by atoms with Crippen molar-refractivity contribution in [2.24, 2.45) is 7.05 Å². The number of benzene rings is 1. The zero-order valence-corrected chi connectivity index (χ0v) is 11.7. The summed E-state index contributed by atoms with van der Waals surface area (Å²) in [4.78, 5) is 11.7. The van der Waals surface area contributed by atoms with Gasteiger partial charge in [0.25, 0.3) is 5.56 Å². The lowest BCUT2D eigenvalue weighted by Crippen LogP contribution is -2.26. The summed E-state index contributed by atoms with van der Waals surface area (Å²) in [5.74, 6) is 0.924. The summed E-state index contributed by atoms with van der Waals surface area (Å²) in [7, 11) is 1.56. The number of rotatable bonds is 3. The van der Waals surface area contributed by atoms with Crippen molar-refractivity contribution in [2.45, 2.75) is 12.5 Å². The summed E-state index contributed by atoms with van der Waals surface area (Å²) >= 11 is 6.00. The van der Waals surface area contributed by atoms with E-state index in [1.165, 1.54) is 10.2 Å². The van der Waals surface area contributed by atoms with Crippen LogP contribution in [0.25, 0.3) is 0 Å². The molecular weight excluding hydrogens is 278 g/mol. The van der Waals surface area contributed by atoms with Gasteiger partial charge in [0.15, 0.2) is 0 Å². The lowest BCUT2D eigenvalue weighted by atomic mass is 10.1. The quantitative estimate of drug-likeness (QED) is 0.938. The van der Waals surface area contributed by atoms with Crippen molar-refractivity contribution >= 4 is 17.3 Å². The smallest absolute Gasteiger partial charge is 0.287 e. The summed E-state index contributed by atoms with van der Waals surface area (Å²) in [5, 5.41) is 7.22. The second-order valence-corrected chi connectivity index (χ2v) is 5.11. The molecule has 0 fully saturated rings. The Balaban J connectivity index is 1.68. The molecule has 2 heterocycles. The molecule has 1 unspecified atom stereocenters. The van der Waals surface area contributed by atoms with Gasteiger partial charge in [0.2, 0.25) is 0 Å². The molecule has 20 heavy (non-hydrogen) atoms. The molecule has 0 aliphatic carbocycles. The van der Waals surface area contributed by atoms with E-state index < -0.39 is 0 Å². The molecule has 0 saturated carbocycles.